The molecule has 0 amide bonds. The number of aliphatic imine (C=N–C) groups is 1. The van der Waals surface area contributed by atoms with Gasteiger partial charge in [0.1, 0.15) is 6.10 Å². The fraction of sp³-hybridized carbons (Fsp3) is 0.364. The van der Waals surface area contributed by atoms with Gasteiger partial charge in [-0.25, -0.2) is 0 Å². The molecule has 0 aliphatic rings. The first-order valence-electron chi connectivity index (χ1n) is 5.00. The van der Waals surface area contributed by atoms with E-state index in [2.05, 4.69) is 4.99 Å². The van der Waals surface area contributed by atoms with Gasteiger partial charge in [-0.15, -0.1) is 11.6 Å². The molecular weight excluding hydrogens is 262 g/mol. The topological polar surface area (TPSA) is 55.7 Å². The van der Waals surface area contributed by atoms with Gasteiger partial charge < -0.3 is 0 Å². The average molecular weight is 276 g/mol. The fourth-order valence-corrected chi connectivity index (χ4v) is 2.03. The second-order valence-electron chi connectivity index (χ2n) is 3.48. The molecule has 1 aromatic carbocycles. The summed E-state index contributed by atoms with van der Waals surface area (Å²) in [5, 5.41) is 0. The molecule has 0 bridgehead atoms. The molecule has 0 saturated heterocycles. The predicted octanol–water partition coefficient (Wildman–Crippen LogP) is 1.69. The molecule has 0 fully saturated rings. The first-order valence-corrected chi connectivity index (χ1v) is 7.35. The van der Waals surface area contributed by atoms with E-state index in [9.17, 15) is 8.42 Å². The minimum atomic E-state index is -3.49. The van der Waals surface area contributed by atoms with E-state index in [0.29, 0.717) is 0 Å². The highest BCUT2D eigenvalue weighted by atomic mass is 35.5. The molecule has 0 N–H and O–H groups in total. The van der Waals surface area contributed by atoms with Gasteiger partial charge in [0.05, 0.1) is 18.7 Å². The number of alkyl halides is 1. The molecule has 0 aliphatic heterocycles. The third-order valence-electron chi connectivity index (χ3n) is 1.83. The lowest BCUT2D eigenvalue weighted by Gasteiger charge is -2.09. The van der Waals surface area contributed by atoms with Crippen molar-refractivity contribution in [1.29, 1.82) is 0 Å². The number of hydrogen-bond donors (Lipinski definition) is 0. The monoisotopic (exact) mass is 275 g/mol. The zero-order chi connectivity index (χ0) is 12.7. The Labute approximate surface area is 106 Å². The molecule has 0 radical (unpaired) electrons. The minimum absolute atomic E-state index is 0.0825. The highest BCUT2D eigenvalue weighted by Gasteiger charge is 2.13. The lowest BCUT2D eigenvalue weighted by Crippen LogP contribution is -2.22. The van der Waals surface area contributed by atoms with E-state index in [4.69, 9.17) is 15.8 Å². The molecule has 0 saturated carbocycles. The molecule has 0 unspecified atom stereocenters. The number of nitrogens with zero attached hydrogens (tertiary/aromatic N) is 1. The van der Waals surface area contributed by atoms with Crippen molar-refractivity contribution in [1.82, 2.24) is 0 Å². The van der Waals surface area contributed by atoms with Crippen LogP contribution in [0.2, 0.25) is 0 Å². The Balaban J connectivity index is 2.51. The zero-order valence-electron chi connectivity index (χ0n) is 9.41. The predicted molar refractivity (Wildman–Crippen MR) is 69.3 cm³/mol. The van der Waals surface area contributed by atoms with Crippen LogP contribution in [-0.4, -0.2) is 39.4 Å². The Morgan fingerprint density at radius 1 is 1.41 bits per heavy atom. The standard InChI is InChI=1S/C11H14ClNO3S/c1-17(14,15)16-11(7-12)9-13-8-10-5-3-2-4-6-10/h2-6,8,11H,7,9H2,1H3/t11-/m1/s1. The third-order valence-corrected chi connectivity index (χ3v) is 2.80. The third kappa shape index (κ3) is 6.41. The van der Waals surface area contributed by atoms with E-state index in [1.807, 2.05) is 30.3 Å². The van der Waals surface area contributed by atoms with Crippen LogP contribution in [0.4, 0.5) is 0 Å². The van der Waals surface area contributed by atoms with E-state index in [1.54, 1.807) is 6.21 Å². The first-order chi connectivity index (χ1) is 8.01. The van der Waals surface area contributed by atoms with Crippen LogP contribution in [-0.2, 0) is 14.3 Å². The lowest BCUT2D eigenvalue weighted by atomic mass is 10.2. The molecule has 1 aromatic rings. The summed E-state index contributed by atoms with van der Waals surface area (Å²) in [6, 6.07) is 9.50. The quantitative estimate of drug-likeness (QED) is 0.451. The van der Waals surface area contributed by atoms with Gasteiger partial charge in [-0.1, -0.05) is 30.3 Å². The van der Waals surface area contributed by atoms with Crippen molar-refractivity contribution >= 4 is 27.9 Å². The summed E-state index contributed by atoms with van der Waals surface area (Å²) < 4.78 is 26.6. The highest BCUT2D eigenvalue weighted by molar-refractivity contribution is 7.86. The molecule has 17 heavy (non-hydrogen) atoms. The van der Waals surface area contributed by atoms with Gasteiger partial charge >= 0.3 is 0 Å². The second-order valence-corrected chi connectivity index (χ2v) is 5.39. The summed E-state index contributed by atoms with van der Waals surface area (Å²) in [6.07, 6.45) is 2.03. The molecular formula is C11H14ClNO3S. The van der Waals surface area contributed by atoms with Crippen LogP contribution in [0.25, 0.3) is 0 Å². The molecule has 94 valence electrons. The molecule has 6 heteroatoms. The van der Waals surface area contributed by atoms with Gasteiger partial charge in [0.15, 0.2) is 0 Å². The average Bonchev–Trinajstić information content (AvgIpc) is 2.27. The number of benzene rings is 1. The van der Waals surface area contributed by atoms with Gasteiger partial charge in [-0.05, 0) is 5.56 Å². The fourth-order valence-electron chi connectivity index (χ4n) is 1.17. The Morgan fingerprint density at radius 2 is 2.06 bits per heavy atom. The molecule has 0 aliphatic carbocycles. The Kier molecular flexibility index (Phi) is 5.61. The summed E-state index contributed by atoms with van der Waals surface area (Å²) in [7, 11) is -3.49. The van der Waals surface area contributed by atoms with Crippen LogP contribution in [0.5, 0.6) is 0 Å². The van der Waals surface area contributed by atoms with Crippen LogP contribution >= 0.6 is 11.6 Å². The van der Waals surface area contributed by atoms with Gasteiger partial charge in [-0.2, -0.15) is 8.42 Å². The maximum Gasteiger partial charge on any atom is 0.264 e. The van der Waals surface area contributed by atoms with Crippen molar-refractivity contribution in [3.8, 4) is 0 Å². The van der Waals surface area contributed by atoms with E-state index in [0.717, 1.165) is 11.8 Å². The van der Waals surface area contributed by atoms with Crippen molar-refractivity contribution in [2.75, 3.05) is 18.7 Å². The summed E-state index contributed by atoms with van der Waals surface area (Å²) in [4.78, 5) is 4.10. The smallest absolute Gasteiger partial charge is 0.264 e. The summed E-state index contributed by atoms with van der Waals surface area (Å²) in [5.41, 5.74) is 0.945. The number of rotatable bonds is 6. The maximum absolute atomic E-state index is 10.9. The molecule has 0 aromatic heterocycles. The zero-order valence-corrected chi connectivity index (χ0v) is 11.0. The van der Waals surface area contributed by atoms with E-state index in [1.165, 1.54) is 0 Å². The SMILES string of the molecule is CS(=O)(=O)O[C@H](CCl)CN=Cc1ccccc1. The van der Waals surface area contributed by atoms with E-state index >= 15 is 0 Å². The Morgan fingerprint density at radius 3 is 2.59 bits per heavy atom. The van der Waals surface area contributed by atoms with Gasteiger partial charge in [0.25, 0.3) is 10.1 Å². The maximum atomic E-state index is 10.9. The number of halogens is 1. The molecule has 0 spiro atoms. The summed E-state index contributed by atoms with van der Waals surface area (Å²) in [5.74, 6) is 0.0825. The highest BCUT2D eigenvalue weighted by Crippen LogP contribution is 2.02. The van der Waals surface area contributed by atoms with Crippen LogP contribution in [0.3, 0.4) is 0 Å². The second kappa shape index (κ2) is 6.74. The van der Waals surface area contributed by atoms with Crippen molar-refractivity contribution < 1.29 is 12.6 Å². The lowest BCUT2D eigenvalue weighted by molar-refractivity contribution is 0.243. The van der Waals surface area contributed by atoms with Crippen LogP contribution < -0.4 is 0 Å². The van der Waals surface area contributed by atoms with Crippen LogP contribution in [0.15, 0.2) is 35.3 Å². The van der Waals surface area contributed by atoms with Crippen molar-refractivity contribution in [3.63, 3.8) is 0 Å². The largest absolute Gasteiger partial charge is 0.290 e. The van der Waals surface area contributed by atoms with Gasteiger partial charge in [-0.3, -0.25) is 9.18 Å². The molecule has 1 atom stereocenters. The normalized spacial score (nSPS) is 14.0. The van der Waals surface area contributed by atoms with Crippen LogP contribution in [0.1, 0.15) is 5.56 Å². The Hall–Kier alpha value is -0.910. The van der Waals surface area contributed by atoms with E-state index < -0.39 is 16.2 Å². The van der Waals surface area contributed by atoms with E-state index in [-0.39, 0.29) is 12.4 Å². The van der Waals surface area contributed by atoms with Crippen molar-refractivity contribution in [2.45, 2.75) is 6.10 Å². The number of hydrogen-bond acceptors (Lipinski definition) is 4. The summed E-state index contributed by atoms with van der Waals surface area (Å²) >= 11 is 5.59. The molecule has 4 nitrogen and oxygen atoms in total. The molecule has 1 rings (SSSR count). The Bertz CT molecular complexity index is 459. The molecule has 0 heterocycles. The van der Waals surface area contributed by atoms with Crippen molar-refractivity contribution in [3.05, 3.63) is 35.9 Å². The minimum Gasteiger partial charge on any atom is -0.290 e. The first kappa shape index (κ1) is 14.2. The van der Waals surface area contributed by atoms with Crippen LogP contribution in [0, 0.1) is 0 Å². The van der Waals surface area contributed by atoms with Crippen molar-refractivity contribution in [2.24, 2.45) is 4.99 Å². The van der Waals surface area contributed by atoms with Gasteiger partial charge in [0, 0.05) is 6.21 Å². The van der Waals surface area contributed by atoms with Gasteiger partial charge in [0.2, 0.25) is 0 Å². The summed E-state index contributed by atoms with van der Waals surface area (Å²) in [6.45, 7) is 0.214.